The molecule has 2 N–H and O–H groups in total. The smallest absolute Gasteiger partial charge is 0.0794 e. The molecule has 0 spiro atoms. The number of nitrogens with zero attached hydrogens (tertiary/aromatic N) is 1. The molecule has 1 rings (SSSR count). The Morgan fingerprint density at radius 2 is 2.58 bits per heavy atom. The lowest BCUT2D eigenvalue weighted by atomic mass is 10.3. The Morgan fingerprint density at radius 1 is 1.75 bits per heavy atom. The van der Waals surface area contributed by atoms with E-state index in [1.54, 1.807) is 18.3 Å². The lowest BCUT2D eigenvalue weighted by molar-refractivity contribution is 0.183. The molecule has 0 aromatic carbocycles. The molecule has 4 heteroatoms. The topological polar surface area (TPSA) is 45.1 Å². The molecule has 0 radical (unpaired) electrons. The summed E-state index contributed by atoms with van der Waals surface area (Å²) in [4.78, 5) is 5.20. The zero-order valence-electron chi connectivity index (χ0n) is 7.16. The van der Waals surface area contributed by atoms with Crippen LogP contribution in [0.5, 0.6) is 0 Å². The highest BCUT2D eigenvalue weighted by atomic mass is 32.1. The standard InChI is InChI=1S/C8H14N2OS/c1-7(11)2-3-9-4-8-5-10-6-12-8/h5-7,9,11H,2-4H2,1H3/t7-/m0/s1. The number of aromatic nitrogens is 1. The van der Waals surface area contributed by atoms with Gasteiger partial charge in [0, 0.05) is 17.6 Å². The average molecular weight is 186 g/mol. The molecule has 0 unspecified atom stereocenters. The van der Waals surface area contributed by atoms with Crippen molar-refractivity contribution in [3.63, 3.8) is 0 Å². The fraction of sp³-hybridized carbons (Fsp3) is 0.625. The normalized spacial score (nSPS) is 13.2. The van der Waals surface area contributed by atoms with E-state index in [1.807, 2.05) is 11.7 Å². The first-order valence-corrected chi connectivity index (χ1v) is 4.93. The van der Waals surface area contributed by atoms with E-state index in [0.29, 0.717) is 0 Å². The molecule has 0 amide bonds. The summed E-state index contributed by atoms with van der Waals surface area (Å²) < 4.78 is 0. The molecule has 1 atom stereocenters. The third kappa shape index (κ3) is 3.80. The summed E-state index contributed by atoms with van der Waals surface area (Å²) in [6.45, 7) is 3.52. The Bertz CT molecular complexity index is 199. The Labute approximate surface area is 76.5 Å². The Hall–Kier alpha value is -0.450. The van der Waals surface area contributed by atoms with Gasteiger partial charge in [0.25, 0.3) is 0 Å². The number of hydrogen-bond donors (Lipinski definition) is 2. The molecule has 12 heavy (non-hydrogen) atoms. The van der Waals surface area contributed by atoms with Gasteiger partial charge in [-0.3, -0.25) is 4.98 Å². The predicted molar refractivity (Wildman–Crippen MR) is 50.1 cm³/mol. The summed E-state index contributed by atoms with van der Waals surface area (Å²) in [6.07, 6.45) is 2.46. The zero-order chi connectivity index (χ0) is 8.81. The van der Waals surface area contributed by atoms with Crippen LogP contribution >= 0.6 is 11.3 Å². The van der Waals surface area contributed by atoms with Crippen LogP contribution in [0.25, 0.3) is 0 Å². The van der Waals surface area contributed by atoms with Crippen LogP contribution in [-0.4, -0.2) is 22.7 Å². The van der Waals surface area contributed by atoms with Crippen LogP contribution in [0.1, 0.15) is 18.2 Å². The van der Waals surface area contributed by atoms with Gasteiger partial charge in [0.2, 0.25) is 0 Å². The van der Waals surface area contributed by atoms with Crippen molar-refractivity contribution < 1.29 is 5.11 Å². The van der Waals surface area contributed by atoms with Crippen LogP contribution in [0.3, 0.4) is 0 Å². The maximum atomic E-state index is 8.96. The molecule has 0 aliphatic heterocycles. The van der Waals surface area contributed by atoms with Crippen LogP contribution in [0.2, 0.25) is 0 Å². The van der Waals surface area contributed by atoms with Gasteiger partial charge in [-0.2, -0.15) is 0 Å². The van der Waals surface area contributed by atoms with Crippen molar-refractivity contribution in [2.75, 3.05) is 6.54 Å². The monoisotopic (exact) mass is 186 g/mol. The van der Waals surface area contributed by atoms with Gasteiger partial charge in [-0.25, -0.2) is 0 Å². The first-order valence-electron chi connectivity index (χ1n) is 4.05. The van der Waals surface area contributed by atoms with Crippen LogP contribution in [0.4, 0.5) is 0 Å². The van der Waals surface area contributed by atoms with Gasteiger partial charge in [0.1, 0.15) is 0 Å². The van der Waals surface area contributed by atoms with Gasteiger partial charge in [0.05, 0.1) is 11.6 Å². The number of aliphatic hydroxyl groups excluding tert-OH is 1. The fourth-order valence-corrected chi connectivity index (χ4v) is 1.42. The highest BCUT2D eigenvalue weighted by Gasteiger charge is 1.96. The molecule has 1 heterocycles. The number of thiazole rings is 1. The van der Waals surface area contributed by atoms with Crippen molar-refractivity contribution in [2.24, 2.45) is 0 Å². The second-order valence-electron chi connectivity index (χ2n) is 2.78. The molecular formula is C8H14N2OS. The minimum atomic E-state index is -0.209. The molecule has 0 bridgehead atoms. The molecule has 1 aromatic rings. The number of aliphatic hydroxyl groups is 1. The number of hydrogen-bond acceptors (Lipinski definition) is 4. The summed E-state index contributed by atoms with van der Waals surface area (Å²) in [7, 11) is 0. The van der Waals surface area contributed by atoms with Gasteiger partial charge < -0.3 is 10.4 Å². The summed E-state index contributed by atoms with van der Waals surface area (Å²) in [5.41, 5.74) is 1.83. The third-order valence-corrected chi connectivity index (χ3v) is 2.30. The fourth-order valence-electron chi connectivity index (χ4n) is 0.852. The second-order valence-corrected chi connectivity index (χ2v) is 3.75. The quantitative estimate of drug-likeness (QED) is 0.674. The van der Waals surface area contributed by atoms with Crippen LogP contribution < -0.4 is 5.32 Å². The summed E-state index contributed by atoms with van der Waals surface area (Å²) >= 11 is 1.65. The molecule has 0 fully saturated rings. The van der Waals surface area contributed by atoms with E-state index >= 15 is 0 Å². The van der Waals surface area contributed by atoms with E-state index in [0.717, 1.165) is 19.5 Å². The van der Waals surface area contributed by atoms with Crippen molar-refractivity contribution in [1.82, 2.24) is 10.3 Å². The molecule has 0 saturated carbocycles. The summed E-state index contributed by atoms with van der Waals surface area (Å²) in [5.74, 6) is 0. The van der Waals surface area contributed by atoms with E-state index in [4.69, 9.17) is 5.11 Å². The van der Waals surface area contributed by atoms with Gasteiger partial charge >= 0.3 is 0 Å². The highest BCUT2D eigenvalue weighted by molar-refractivity contribution is 7.09. The molecular weight excluding hydrogens is 172 g/mol. The van der Waals surface area contributed by atoms with E-state index < -0.39 is 0 Å². The van der Waals surface area contributed by atoms with Crippen molar-refractivity contribution in [3.05, 3.63) is 16.6 Å². The molecule has 0 saturated heterocycles. The first kappa shape index (κ1) is 9.64. The van der Waals surface area contributed by atoms with Crippen LogP contribution in [-0.2, 0) is 6.54 Å². The van der Waals surface area contributed by atoms with E-state index in [-0.39, 0.29) is 6.10 Å². The third-order valence-electron chi connectivity index (χ3n) is 1.52. The molecule has 0 aliphatic rings. The maximum absolute atomic E-state index is 8.96. The van der Waals surface area contributed by atoms with Gasteiger partial charge in [0.15, 0.2) is 0 Å². The number of rotatable bonds is 5. The minimum Gasteiger partial charge on any atom is -0.393 e. The predicted octanol–water partition coefficient (Wildman–Crippen LogP) is 1.00. The Morgan fingerprint density at radius 3 is 3.17 bits per heavy atom. The highest BCUT2D eigenvalue weighted by Crippen LogP contribution is 2.03. The lowest BCUT2D eigenvalue weighted by Crippen LogP contribution is -2.17. The van der Waals surface area contributed by atoms with Crippen molar-refractivity contribution in [3.8, 4) is 0 Å². The van der Waals surface area contributed by atoms with Crippen molar-refractivity contribution in [2.45, 2.75) is 26.0 Å². The van der Waals surface area contributed by atoms with Crippen LogP contribution in [0.15, 0.2) is 11.7 Å². The Balaban J connectivity index is 2.04. The SMILES string of the molecule is C[C@H](O)CCNCc1cncs1. The minimum absolute atomic E-state index is 0.209. The summed E-state index contributed by atoms with van der Waals surface area (Å²) in [6, 6.07) is 0. The van der Waals surface area contributed by atoms with Gasteiger partial charge in [-0.15, -0.1) is 11.3 Å². The van der Waals surface area contributed by atoms with E-state index in [1.165, 1.54) is 4.88 Å². The molecule has 1 aromatic heterocycles. The van der Waals surface area contributed by atoms with Gasteiger partial charge in [-0.05, 0) is 19.9 Å². The largest absolute Gasteiger partial charge is 0.393 e. The molecule has 0 aliphatic carbocycles. The van der Waals surface area contributed by atoms with Crippen molar-refractivity contribution >= 4 is 11.3 Å². The lowest BCUT2D eigenvalue weighted by Gasteiger charge is -2.04. The Kier molecular flexibility index (Phi) is 4.21. The van der Waals surface area contributed by atoms with Crippen molar-refractivity contribution in [1.29, 1.82) is 0 Å². The van der Waals surface area contributed by atoms with E-state index in [2.05, 4.69) is 10.3 Å². The maximum Gasteiger partial charge on any atom is 0.0794 e. The average Bonchev–Trinajstić information content (AvgIpc) is 2.49. The van der Waals surface area contributed by atoms with Gasteiger partial charge in [-0.1, -0.05) is 0 Å². The number of nitrogens with one attached hydrogen (secondary N) is 1. The molecule has 3 nitrogen and oxygen atoms in total. The summed E-state index contributed by atoms with van der Waals surface area (Å²) in [5, 5.41) is 12.2. The second kappa shape index (κ2) is 5.24. The molecule has 68 valence electrons. The zero-order valence-corrected chi connectivity index (χ0v) is 7.97. The van der Waals surface area contributed by atoms with Crippen LogP contribution in [0, 0.1) is 0 Å². The van der Waals surface area contributed by atoms with E-state index in [9.17, 15) is 0 Å². The first-order chi connectivity index (χ1) is 5.79.